The zero-order valence-corrected chi connectivity index (χ0v) is 15.9. The van der Waals surface area contributed by atoms with E-state index in [-0.39, 0.29) is 24.3 Å². The number of benzene rings is 2. The van der Waals surface area contributed by atoms with Crippen molar-refractivity contribution in [1.29, 1.82) is 0 Å². The number of ether oxygens (including phenoxy) is 1. The standard InChI is InChI=1S/C18H16BrF3O3S/c19-14-6-4-12(5-7-14)17-11-16(8-9-25-17)26(23,24)15-3-1-2-13(10-15)18(20,21)22/h1-7,10,16-17H,8-9,11H2. The molecule has 1 aliphatic rings. The van der Waals surface area contributed by atoms with Gasteiger partial charge in [-0.1, -0.05) is 34.1 Å². The van der Waals surface area contributed by atoms with Gasteiger partial charge in [0.25, 0.3) is 0 Å². The van der Waals surface area contributed by atoms with E-state index in [1.54, 1.807) is 0 Å². The molecule has 0 saturated carbocycles. The smallest absolute Gasteiger partial charge is 0.373 e. The Kier molecular flexibility index (Phi) is 5.46. The molecule has 1 heterocycles. The molecule has 1 aliphatic heterocycles. The fourth-order valence-electron chi connectivity index (χ4n) is 3.00. The van der Waals surface area contributed by atoms with Crippen LogP contribution in [-0.2, 0) is 20.8 Å². The lowest BCUT2D eigenvalue weighted by Gasteiger charge is -2.29. The van der Waals surface area contributed by atoms with Gasteiger partial charge in [0.1, 0.15) is 0 Å². The Labute approximate surface area is 158 Å². The summed E-state index contributed by atoms with van der Waals surface area (Å²) in [6, 6.07) is 11.3. The average Bonchev–Trinajstić information content (AvgIpc) is 2.62. The minimum Gasteiger partial charge on any atom is -0.373 e. The van der Waals surface area contributed by atoms with Crippen LogP contribution in [0.2, 0.25) is 0 Å². The van der Waals surface area contributed by atoms with Crippen molar-refractivity contribution in [1.82, 2.24) is 0 Å². The van der Waals surface area contributed by atoms with Gasteiger partial charge in [0, 0.05) is 11.1 Å². The van der Waals surface area contributed by atoms with Crippen LogP contribution in [0.25, 0.3) is 0 Å². The first kappa shape index (κ1) is 19.4. The van der Waals surface area contributed by atoms with Gasteiger partial charge in [0.2, 0.25) is 0 Å². The van der Waals surface area contributed by atoms with Crippen molar-refractivity contribution in [2.24, 2.45) is 0 Å². The molecule has 140 valence electrons. The zero-order chi connectivity index (χ0) is 18.9. The van der Waals surface area contributed by atoms with E-state index in [1.165, 1.54) is 6.07 Å². The van der Waals surface area contributed by atoms with Crippen LogP contribution < -0.4 is 0 Å². The minimum atomic E-state index is -4.58. The van der Waals surface area contributed by atoms with Gasteiger partial charge in [-0.3, -0.25) is 0 Å². The first-order valence-corrected chi connectivity index (χ1v) is 10.3. The maximum absolute atomic E-state index is 12.9. The lowest BCUT2D eigenvalue weighted by Crippen LogP contribution is -2.31. The van der Waals surface area contributed by atoms with Crippen LogP contribution in [-0.4, -0.2) is 20.3 Å². The van der Waals surface area contributed by atoms with Gasteiger partial charge in [-0.05, 0) is 48.7 Å². The Hall–Kier alpha value is -1.38. The van der Waals surface area contributed by atoms with Crippen molar-refractivity contribution in [2.45, 2.75) is 35.3 Å². The van der Waals surface area contributed by atoms with Crippen LogP contribution in [0.5, 0.6) is 0 Å². The molecule has 2 aromatic rings. The van der Waals surface area contributed by atoms with Gasteiger partial charge >= 0.3 is 6.18 Å². The summed E-state index contributed by atoms with van der Waals surface area (Å²) in [5, 5.41) is -0.784. The molecule has 2 aromatic carbocycles. The van der Waals surface area contributed by atoms with Gasteiger partial charge in [0.15, 0.2) is 9.84 Å². The lowest BCUT2D eigenvalue weighted by molar-refractivity contribution is -0.137. The summed E-state index contributed by atoms with van der Waals surface area (Å²) in [5.41, 5.74) is -0.118. The number of rotatable bonds is 3. The second-order valence-electron chi connectivity index (χ2n) is 6.13. The van der Waals surface area contributed by atoms with E-state index >= 15 is 0 Å². The van der Waals surface area contributed by atoms with Crippen molar-refractivity contribution in [3.63, 3.8) is 0 Å². The molecule has 2 unspecified atom stereocenters. The summed E-state index contributed by atoms with van der Waals surface area (Å²) in [6.45, 7) is 0.240. The number of hydrogen-bond acceptors (Lipinski definition) is 3. The summed E-state index contributed by atoms with van der Waals surface area (Å²) in [7, 11) is -3.88. The molecule has 1 fully saturated rings. The second kappa shape index (κ2) is 7.32. The van der Waals surface area contributed by atoms with E-state index in [9.17, 15) is 21.6 Å². The summed E-state index contributed by atoms with van der Waals surface area (Å²) in [4.78, 5) is -0.297. The molecule has 0 spiro atoms. The fraction of sp³-hybridized carbons (Fsp3) is 0.333. The third kappa shape index (κ3) is 4.13. The first-order valence-electron chi connectivity index (χ1n) is 7.96. The van der Waals surface area contributed by atoms with Crippen LogP contribution >= 0.6 is 15.9 Å². The molecule has 2 atom stereocenters. The number of alkyl halides is 3. The summed E-state index contributed by atoms with van der Waals surface area (Å²) >= 11 is 3.34. The van der Waals surface area contributed by atoms with Gasteiger partial charge in [-0.25, -0.2) is 8.42 Å². The molecule has 1 saturated heterocycles. The predicted molar refractivity (Wildman–Crippen MR) is 94.5 cm³/mol. The topological polar surface area (TPSA) is 43.4 Å². The van der Waals surface area contributed by atoms with Gasteiger partial charge < -0.3 is 4.74 Å². The summed E-state index contributed by atoms with van der Waals surface area (Å²) in [6.07, 6.45) is -4.52. The van der Waals surface area contributed by atoms with Crippen molar-refractivity contribution < 1.29 is 26.3 Å². The van der Waals surface area contributed by atoms with E-state index in [2.05, 4.69) is 15.9 Å². The average molecular weight is 449 g/mol. The van der Waals surface area contributed by atoms with Gasteiger partial charge in [-0.15, -0.1) is 0 Å². The maximum Gasteiger partial charge on any atom is 0.416 e. The zero-order valence-electron chi connectivity index (χ0n) is 13.5. The molecule has 0 radical (unpaired) electrons. The third-order valence-corrected chi connectivity index (χ3v) is 7.15. The Morgan fingerprint density at radius 2 is 1.77 bits per heavy atom. The predicted octanol–water partition coefficient (Wildman–Crippen LogP) is 5.16. The van der Waals surface area contributed by atoms with E-state index in [1.807, 2.05) is 24.3 Å². The molecule has 26 heavy (non-hydrogen) atoms. The van der Waals surface area contributed by atoms with Crippen LogP contribution in [0.4, 0.5) is 13.2 Å². The highest BCUT2D eigenvalue weighted by molar-refractivity contribution is 9.10. The molecule has 3 rings (SSSR count). The van der Waals surface area contributed by atoms with Crippen molar-refractivity contribution >= 4 is 25.8 Å². The molecular weight excluding hydrogens is 433 g/mol. The van der Waals surface area contributed by atoms with Crippen LogP contribution in [0.3, 0.4) is 0 Å². The normalized spacial score (nSPS) is 21.5. The van der Waals surface area contributed by atoms with Crippen LogP contribution in [0, 0.1) is 0 Å². The molecule has 8 heteroatoms. The quantitative estimate of drug-likeness (QED) is 0.650. The summed E-state index contributed by atoms with van der Waals surface area (Å²) < 4.78 is 71.0. The largest absolute Gasteiger partial charge is 0.416 e. The van der Waals surface area contributed by atoms with E-state index in [4.69, 9.17) is 4.74 Å². The Morgan fingerprint density at radius 1 is 1.08 bits per heavy atom. The SMILES string of the molecule is O=S(=O)(c1cccc(C(F)(F)F)c1)C1CCOC(c2ccc(Br)cc2)C1. The number of sulfone groups is 1. The number of hydrogen-bond donors (Lipinski definition) is 0. The molecular formula is C18H16BrF3O3S. The highest BCUT2D eigenvalue weighted by Crippen LogP contribution is 2.36. The summed E-state index contributed by atoms with van der Waals surface area (Å²) in [5.74, 6) is 0. The number of halogens is 4. The molecule has 0 amide bonds. The van der Waals surface area contributed by atoms with Crippen molar-refractivity contribution in [3.05, 3.63) is 64.1 Å². The third-order valence-electron chi connectivity index (χ3n) is 4.41. The molecule has 0 bridgehead atoms. The van der Waals surface area contributed by atoms with Crippen LogP contribution in [0.15, 0.2) is 57.9 Å². The van der Waals surface area contributed by atoms with Gasteiger partial charge in [0.05, 0.1) is 21.8 Å². The molecule has 0 N–H and O–H groups in total. The van der Waals surface area contributed by atoms with Crippen molar-refractivity contribution in [2.75, 3.05) is 6.61 Å². The monoisotopic (exact) mass is 448 g/mol. The fourth-order valence-corrected chi connectivity index (χ4v) is 5.04. The van der Waals surface area contributed by atoms with E-state index in [0.29, 0.717) is 6.07 Å². The highest BCUT2D eigenvalue weighted by Gasteiger charge is 2.36. The van der Waals surface area contributed by atoms with E-state index < -0.39 is 32.9 Å². The maximum atomic E-state index is 12.9. The lowest BCUT2D eigenvalue weighted by atomic mass is 10.0. The highest BCUT2D eigenvalue weighted by atomic mass is 79.9. The Morgan fingerprint density at radius 3 is 2.42 bits per heavy atom. The van der Waals surface area contributed by atoms with Crippen molar-refractivity contribution in [3.8, 4) is 0 Å². The van der Waals surface area contributed by atoms with Gasteiger partial charge in [-0.2, -0.15) is 13.2 Å². The Bertz CT molecular complexity index is 879. The molecule has 3 nitrogen and oxygen atoms in total. The second-order valence-corrected chi connectivity index (χ2v) is 9.27. The minimum absolute atomic E-state index is 0.209. The van der Waals surface area contributed by atoms with Crippen LogP contribution in [0.1, 0.15) is 30.1 Å². The first-order chi connectivity index (χ1) is 12.2. The van der Waals surface area contributed by atoms with E-state index in [0.717, 1.165) is 22.2 Å². The Balaban J connectivity index is 1.86. The molecule has 0 aliphatic carbocycles. The molecule has 0 aromatic heterocycles.